The first-order valence-electron chi connectivity index (χ1n) is 5.02. The van der Waals surface area contributed by atoms with Crippen LogP contribution >= 0.6 is 0 Å². The average molecular weight is 221 g/mol. The minimum absolute atomic E-state index is 0.0930. The largest absolute Gasteiger partial charge is 0.351 e. The number of benzene rings is 1. The lowest BCUT2D eigenvalue weighted by Crippen LogP contribution is -2.40. The zero-order chi connectivity index (χ0) is 11.8. The van der Waals surface area contributed by atoms with Crippen molar-refractivity contribution < 1.29 is 9.59 Å². The molecular formula is C11H15N3O2. The molecule has 0 fully saturated rings. The van der Waals surface area contributed by atoms with Gasteiger partial charge in [-0.15, -0.1) is 0 Å². The smallest absolute Gasteiger partial charge is 0.318 e. The van der Waals surface area contributed by atoms with Gasteiger partial charge < -0.3 is 11.1 Å². The van der Waals surface area contributed by atoms with Gasteiger partial charge in [0.25, 0.3) is 0 Å². The van der Waals surface area contributed by atoms with Crippen molar-refractivity contribution in [2.24, 2.45) is 5.73 Å². The van der Waals surface area contributed by atoms with E-state index in [1.165, 1.54) is 5.56 Å². The minimum atomic E-state index is -0.824. The van der Waals surface area contributed by atoms with E-state index in [9.17, 15) is 9.59 Å². The molecule has 4 N–H and O–H groups in total. The third-order valence-corrected chi connectivity index (χ3v) is 1.98. The third kappa shape index (κ3) is 5.11. The summed E-state index contributed by atoms with van der Waals surface area (Å²) in [7, 11) is 0. The summed E-state index contributed by atoms with van der Waals surface area (Å²) in [5.41, 5.74) is 5.99. The number of primary amides is 1. The number of carbonyl (C=O) groups is 2. The van der Waals surface area contributed by atoms with Crippen LogP contribution in [-0.4, -0.2) is 25.0 Å². The maximum atomic E-state index is 11.0. The molecule has 0 radical (unpaired) electrons. The number of rotatable bonds is 5. The molecule has 1 aromatic rings. The fourth-order valence-corrected chi connectivity index (χ4v) is 1.26. The molecule has 0 saturated heterocycles. The molecule has 0 spiro atoms. The maximum absolute atomic E-state index is 11.0. The second kappa shape index (κ2) is 6.58. The predicted molar refractivity (Wildman–Crippen MR) is 60.7 cm³/mol. The van der Waals surface area contributed by atoms with E-state index < -0.39 is 11.9 Å². The first-order chi connectivity index (χ1) is 7.68. The van der Waals surface area contributed by atoms with Crippen molar-refractivity contribution in [3.05, 3.63) is 35.9 Å². The highest BCUT2D eigenvalue weighted by atomic mass is 16.2. The highest BCUT2D eigenvalue weighted by Gasteiger charge is 2.02. The molecule has 1 aromatic carbocycles. The monoisotopic (exact) mass is 221 g/mol. The zero-order valence-corrected chi connectivity index (χ0v) is 8.90. The summed E-state index contributed by atoms with van der Waals surface area (Å²) >= 11 is 0. The van der Waals surface area contributed by atoms with Gasteiger partial charge in [-0.3, -0.25) is 10.1 Å². The fraction of sp³-hybridized carbons (Fsp3) is 0.273. The van der Waals surface area contributed by atoms with Gasteiger partial charge in [0, 0.05) is 0 Å². The van der Waals surface area contributed by atoms with Gasteiger partial charge in [-0.2, -0.15) is 0 Å². The quantitative estimate of drug-likeness (QED) is 0.612. The second-order valence-corrected chi connectivity index (χ2v) is 3.32. The summed E-state index contributed by atoms with van der Waals surface area (Å²) in [5.74, 6) is -0.416. The molecule has 0 saturated carbocycles. The number of nitrogens with one attached hydrogen (secondary N) is 2. The van der Waals surface area contributed by atoms with Crippen molar-refractivity contribution in [1.82, 2.24) is 10.6 Å². The Balaban J connectivity index is 2.13. The van der Waals surface area contributed by atoms with Crippen molar-refractivity contribution in [1.29, 1.82) is 0 Å². The molecule has 0 bridgehead atoms. The minimum Gasteiger partial charge on any atom is -0.351 e. The molecule has 5 heteroatoms. The molecule has 1 rings (SSSR count). The molecule has 0 aliphatic rings. The molecule has 0 aromatic heterocycles. The Morgan fingerprint density at radius 3 is 2.50 bits per heavy atom. The van der Waals surface area contributed by atoms with Gasteiger partial charge in [-0.1, -0.05) is 30.3 Å². The maximum Gasteiger partial charge on any atom is 0.318 e. The van der Waals surface area contributed by atoms with Crippen LogP contribution in [0, 0.1) is 0 Å². The first-order valence-corrected chi connectivity index (χ1v) is 5.02. The van der Waals surface area contributed by atoms with Gasteiger partial charge in [0.2, 0.25) is 5.91 Å². The van der Waals surface area contributed by atoms with Gasteiger partial charge in [0.05, 0.1) is 6.54 Å². The van der Waals surface area contributed by atoms with Crippen molar-refractivity contribution >= 4 is 11.9 Å². The summed E-state index contributed by atoms with van der Waals surface area (Å²) in [6, 6.07) is 9.10. The molecule has 0 aliphatic carbocycles. The molecular weight excluding hydrogens is 206 g/mol. The summed E-state index contributed by atoms with van der Waals surface area (Å²) in [4.78, 5) is 21.3. The van der Waals surface area contributed by atoms with Crippen LogP contribution in [-0.2, 0) is 11.2 Å². The normalized spacial score (nSPS) is 9.75. The Labute approximate surface area is 94.0 Å². The second-order valence-electron chi connectivity index (χ2n) is 3.32. The summed E-state index contributed by atoms with van der Waals surface area (Å²) in [6.07, 6.45) is 0.838. The highest BCUT2D eigenvalue weighted by Crippen LogP contribution is 1.97. The van der Waals surface area contributed by atoms with E-state index in [1.54, 1.807) is 0 Å². The number of amides is 3. The van der Waals surface area contributed by atoms with Crippen LogP contribution < -0.4 is 16.4 Å². The van der Waals surface area contributed by atoms with Crippen LogP contribution in [0.15, 0.2) is 30.3 Å². The Morgan fingerprint density at radius 1 is 1.19 bits per heavy atom. The number of urea groups is 1. The number of hydrogen-bond donors (Lipinski definition) is 3. The van der Waals surface area contributed by atoms with Gasteiger partial charge in [0.1, 0.15) is 0 Å². The molecule has 3 amide bonds. The van der Waals surface area contributed by atoms with E-state index in [1.807, 2.05) is 35.6 Å². The number of nitrogens with two attached hydrogens (primary N) is 1. The molecule has 0 atom stereocenters. The van der Waals surface area contributed by atoms with Crippen molar-refractivity contribution in [3.63, 3.8) is 0 Å². The van der Waals surface area contributed by atoms with Gasteiger partial charge in [-0.25, -0.2) is 4.79 Å². The number of imide groups is 1. The van der Waals surface area contributed by atoms with Gasteiger partial charge >= 0.3 is 6.03 Å². The Morgan fingerprint density at radius 2 is 1.88 bits per heavy atom. The lowest BCUT2D eigenvalue weighted by molar-refractivity contribution is -0.119. The van der Waals surface area contributed by atoms with Crippen molar-refractivity contribution in [2.45, 2.75) is 6.42 Å². The lowest BCUT2D eigenvalue weighted by Gasteiger charge is -2.04. The van der Waals surface area contributed by atoms with E-state index >= 15 is 0 Å². The average Bonchev–Trinajstić information content (AvgIpc) is 2.25. The molecule has 0 heterocycles. The summed E-state index contributed by atoms with van der Waals surface area (Å²) in [5, 5.41) is 4.90. The van der Waals surface area contributed by atoms with E-state index in [0.717, 1.165) is 6.42 Å². The molecule has 16 heavy (non-hydrogen) atoms. The predicted octanol–water partition coefficient (Wildman–Crippen LogP) is 0.0136. The Hall–Kier alpha value is -1.88. The van der Waals surface area contributed by atoms with E-state index in [2.05, 4.69) is 5.32 Å². The van der Waals surface area contributed by atoms with Crippen LogP contribution in [0.2, 0.25) is 0 Å². The van der Waals surface area contributed by atoms with Crippen molar-refractivity contribution in [3.8, 4) is 0 Å². The lowest BCUT2D eigenvalue weighted by atomic mass is 10.1. The van der Waals surface area contributed by atoms with Crippen LogP contribution in [0.25, 0.3) is 0 Å². The molecule has 0 aliphatic heterocycles. The Kier molecular flexibility index (Phi) is 5.01. The zero-order valence-electron chi connectivity index (χ0n) is 8.90. The SMILES string of the molecule is NC(=O)NC(=O)CNCCc1ccccc1. The van der Waals surface area contributed by atoms with E-state index in [4.69, 9.17) is 5.73 Å². The van der Waals surface area contributed by atoms with Crippen molar-refractivity contribution in [2.75, 3.05) is 13.1 Å². The molecule has 0 unspecified atom stereocenters. The van der Waals surface area contributed by atoms with Crippen LogP contribution in [0.1, 0.15) is 5.56 Å². The Bertz CT molecular complexity index is 352. The fourth-order valence-electron chi connectivity index (χ4n) is 1.26. The van der Waals surface area contributed by atoms with Crippen LogP contribution in [0.4, 0.5) is 4.79 Å². The third-order valence-electron chi connectivity index (χ3n) is 1.98. The van der Waals surface area contributed by atoms with Crippen LogP contribution in [0.5, 0.6) is 0 Å². The van der Waals surface area contributed by atoms with E-state index in [-0.39, 0.29) is 6.54 Å². The summed E-state index contributed by atoms with van der Waals surface area (Å²) < 4.78 is 0. The van der Waals surface area contributed by atoms with Gasteiger partial charge in [-0.05, 0) is 18.5 Å². The standard InChI is InChI=1S/C11H15N3O2/c12-11(16)14-10(15)8-13-7-6-9-4-2-1-3-5-9/h1-5,13H,6-8H2,(H3,12,14,15,16). The number of carbonyl (C=O) groups excluding carboxylic acids is 2. The van der Waals surface area contributed by atoms with Gasteiger partial charge in [0.15, 0.2) is 0 Å². The van der Waals surface area contributed by atoms with E-state index in [0.29, 0.717) is 6.54 Å². The highest BCUT2D eigenvalue weighted by molar-refractivity contribution is 5.94. The first kappa shape index (κ1) is 12.2. The molecule has 5 nitrogen and oxygen atoms in total. The summed E-state index contributed by atoms with van der Waals surface area (Å²) in [6.45, 7) is 0.770. The number of hydrogen-bond acceptors (Lipinski definition) is 3. The topological polar surface area (TPSA) is 84.2 Å². The molecule has 86 valence electrons. The van der Waals surface area contributed by atoms with Crippen LogP contribution in [0.3, 0.4) is 0 Å².